The SMILES string of the molecule is CC(C)CCNC(=O)CN1CCCc2cccc(N)c21. The molecule has 0 radical (unpaired) electrons. The van der Waals surface area contributed by atoms with Crippen LogP contribution < -0.4 is 16.0 Å². The number of hydrogen-bond acceptors (Lipinski definition) is 3. The van der Waals surface area contributed by atoms with Crippen LogP contribution in [0, 0.1) is 5.92 Å². The lowest BCUT2D eigenvalue weighted by atomic mass is 10.0. The van der Waals surface area contributed by atoms with Crippen molar-refractivity contribution in [3.05, 3.63) is 23.8 Å². The molecule has 1 amide bonds. The van der Waals surface area contributed by atoms with Crippen molar-refractivity contribution in [1.29, 1.82) is 0 Å². The summed E-state index contributed by atoms with van der Waals surface area (Å²) in [6, 6.07) is 6.00. The van der Waals surface area contributed by atoms with Crippen LogP contribution in [0.1, 0.15) is 32.3 Å². The minimum Gasteiger partial charge on any atom is -0.397 e. The molecule has 0 aliphatic carbocycles. The number of aryl methyl sites for hydroxylation is 1. The number of carbonyl (C=O) groups is 1. The van der Waals surface area contributed by atoms with Gasteiger partial charge < -0.3 is 16.0 Å². The van der Waals surface area contributed by atoms with Crippen LogP contribution >= 0.6 is 0 Å². The molecule has 1 aromatic carbocycles. The molecule has 0 atom stereocenters. The molecule has 1 aromatic rings. The van der Waals surface area contributed by atoms with E-state index in [2.05, 4.69) is 30.1 Å². The van der Waals surface area contributed by atoms with Gasteiger partial charge >= 0.3 is 0 Å². The minimum absolute atomic E-state index is 0.0850. The Bertz CT molecular complexity index is 471. The summed E-state index contributed by atoms with van der Waals surface area (Å²) in [5.41, 5.74) is 9.16. The summed E-state index contributed by atoms with van der Waals surface area (Å²) in [6.07, 6.45) is 3.14. The molecule has 1 heterocycles. The first-order valence-electron chi connectivity index (χ1n) is 7.47. The van der Waals surface area contributed by atoms with Crippen LogP contribution in [0.15, 0.2) is 18.2 Å². The molecule has 0 saturated heterocycles. The average Bonchev–Trinajstić information content (AvgIpc) is 2.38. The Morgan fingerprint density at radius 1 is 1.45 bits per heavy atom. The molecule has 0 aromatic heterocycles. The number of rotatable bonds is 5. The maximum absolute atomic E-state index is 12.0. The van der Waals surface area contributed by atoms with E-state index in [4.69, 9.17) is 5.73 Å². The third-order valence-electron chi connectivity index (χ3n) is 3.72. The molecule has 0 saturated carbocycles. The summed E-state index contributed by atoms with van der Waals surface area (Å²) >= 11 is 0. The number of nitrogens with one attached hydrogen (secondary N) is 1. The van der Waals surface area contributed by atoms with Crippen molar-refractivity contribution in [2.75, 3.05) is 30.3 Å². The van der Waals surface area contributed by atoms with Gasteiger partial charge in [-0.3, -0.25) is 4.79 Å². The van der Waals surface area contributed by atoms with Gasteiger partial charge in [0.05, 0.1) is 17.9 Å². The number of nitrogens with zero attached hydrogens (tertiary/aromatic N) is 1. The lowest BCUT2D eigenvalue weighted by Gasteiger charge is -2.31. The van der Waals surface area contributed by atoms with Gasteiger partial charge in [-0.1, -0.05) is 26.0 Å². The number of amides is 1. The fourth-order valence-corrected chi connectivity index (χ4v) is 2.66. The van der Waals surface area contributed by atoms with Gasteiger partial charge in [0.25, 0.3) is 0 Å². The quantitative estimate of drug-likeness (QED) is 0.810. The summed E-state index contributed by atoms with van der Waals surface area (Å²) in [4.78, 5) is 14.1. The Kier molecular flexibility index (Phi) is 4.88. The number of anilines is 2. The zero-order chi connectivity index (χ0) is 14.5. The molecule has 110 valence electrons. The van der Waals surface area contributed by atoms with Gasteiger partial charge in [0.1, 0.15) is 0 Å². The Labute approximate surface area is 121 Å². The van der Waals surface area contributed by atoms with Crippen molar-refractivity contribution < 1.29 is 4.79 Å². The van der Waals surface area contributed by atoms with Crippen molar-refractivity contribution in [3.63, 3.8) is 0 Å². The standard InChI is InChI=1S/C16H25N3O/c1-12(2)8-9-18-15(20)11-19-10-4-6-13-5-3-7-14(17)16(13)19/h3,5,7,12H,4,6,8-11,17H2,1-2H3,(H,18,20). The highest BCUT2D eigenvalue weighted by molar-refractivity contribution is 5.84. The van der Waals surface area contributed by atoms with E-state index < -0.39 is 0 Å². The Hall–Kier alpha value is -1.71. The third-order valence-corrected chi connectivity index (χ3v) is 3.72. The molecule has 4 heteroatoms. The molecular formula is C16H25N3O. The second-order valence-electron chi connectivity index (χ2n) is 5.91. The summed E-state index contributed by atoms with van der Waals surface area (Å²) < 4.78 is 0. The molecule has 0 spiro atoms. The number of nitrogen functional groups attached to an aromatic ring is 1. The normalized spacial score (nSPS) is 14.2. The highest BCUT2D eigenvalue weighted by Gasteiger charge is 2.20. The maximum atomic E-state index is 12.0. The van der Waals surface area contributed by atoms with Crippen LogP contribution in [0.4, 0.5) is 11.4 Å². The molecule has 20 heavy (non-hydrogen) atoms. The zero-order valence-corrected chi connectivity index (χ0v) is 12.5. The van der Waals surface area contributed by atoms with E-state index in [1.54, 1.807) is 0 Å². The van der Waals surface area contributed by atoms with Crippen LogP contribution in [0.2, 0.25) is 0 Å². The highest BCUT2D eigenvalue weighted by Crippen LogP contribution is 2.32. The predicted molar refractivity (Wildman–Crippen MR) is 83.9 cm³/mol. The number of benzene rings is 1. The van der Waals surface area contributed by atoms with Gasteiger partial charge in [-0.2, -0.15) is 0 Å². The Morgan fingerprint density at radius 2 is 2.25 bits per heavy atom. The Morgan fingerprint density at radius 3 is 3.00 bits per heavy atom. The molecule has 1 aliphatic rings. The van der Waals surface area contributed by atoms with E-state index in [0.717, 1.165) is 43.7 Å². The van der Waals surface area contributed by atoms with Gasteiger partial charge in [-0.05, 0) is 36.8 Å². The fourth-order valence-electron chi connectivity index (χ4n) is 2.66. The van der Waals surface area contributed by atoms with E-state index >= 15 is 0 Å². The monoisotopic (exact) mass is 275 g/mol. The lowest BCUT2D eigenvalue weighted by Crippen LogP contribution is -2.40. The fraction of sp³-hybridized carbons (Fsp3) is 0.562. The number of para-hydroxylation sites is 1. The van der Waals surface area contributed by atoms with Crippen molar-refractivity contribution in [2.45, 2.75) is 33.1 Å². The zero-order valence-electron chi connectivity index (χ0n) is 12.5. The first-order valence-corrected chi connectivity index (χ1v) is 7.47. The number of fused-ring (bicyclic) bond motifs is 1. The summed E-state index contributed by atoms with van der Waals surface area (Å²) in [5, 5.41) is 2.99. The van der Waals surface area contributed by atoms with Gasteiger partial charge in [0.2, 0.25) is 5.91 Å². The second kappa shape index (κ2) is 6.64. The van der Waals surface area contributed by atoms with Crippen LogP contribution in [-0.4, -0.2) is 25.5 Å². The first-order chi connectivity index (χ1) is 9.58. The van der Waals surface area contributed by atoms with Crippen LogP contribution in [-0.2, 0) is 11.2 Å². The Balaban J connectivity index is 1.96. The topological polar surface area (TPSA) is 58.4 Å². The first kappa shape index (κ1) is 14.7. The van der Waals surface area contributed by atoms with Crippen molar-refractivity contribution >= 4 is 17.3 Å². The highest BCUT2D eigenvalue weighted by atomic mass is 16.2. The van der Waals surface area contributed by atoms with Gasteiger partial charge in [0.15, 0.2) is 0 Å². The molecule has 0 fully saturated rings. The number of nitrogens with two attached hydrogens (primary N) is 1. The molecule has 1 aliphatic heterocycles. The third kappa shape index (κ3) is 3.65. The number of hydrogen-bond donors (Lipinski definition) is 2. The smallest absolute Gasteiger partial charge is 0.239 e. The van der Waals surface area contributed by atoms with E-state index in [9.17, 15) is 4.79 Å². The summed E-state index contributed by atoms with van der Waals surface area (Å²) in [5.74, 6) is 0.698. The number of carbonyl (C=O) groups excluding carboxylic acids is 1. The molecule has 2 rings (SSSR count). The van der Waals surface area contributed by atoms with Gasteiger partial charge in [-0.15, -0.1) is 0 Å². The molecule has 0 unspecified atom stereocenters. The van der Waals surface area contributed by atoms with E-state index in [-0.39, 0.29) is 5.91 Å². The second-order valence-corrected chi connectivity index (χ2v) is 5.91. The van der Waals surface area contributed by atoms with E-state index in [0.29, 0.717) is 12.5 Å². The van der Waals surface area contributed by atoms with Crippen molar-refractivity contribution in [2.24, 2.45) is 5.92 Å². The predicted octanol–water partition coefficient (Wildman–Crippen LogP) is 2.18. The average molecular weight is 275 g/mol. The molecule has 4 nitrogen and oxygen atoms in total. The minimum atomic E-state index is 0.0850. The lowest BCUT2D eigenvalue weighted by molar-refractivity contribution is -0.119. The van der Waals surface area contributed by atoms with Crippen LogP contribution in [0.5, 0.6) is 0 Å². The van der Waals surface area contributed by atoms with Crippen molar-refractivity contribution in [1.82, 2.24) is 5.32 Å². The summed E-state index contributed by atoms with van der Waals surface area (Å²) in [6.45, 7) is 6.38. The van der Waals surface area contributed by atoms with Gasteiger partial charge in [-0.25, -0.2) is 0 Å². The maximum Gasteiger partial charge on any atom is 0.239 e. The van der Waals surface area contributed by atoms with Crippen LogP contribution in [0.3, 0.4) is 0 Å². The van der Waals surface area contributed by atoms with E-state index in [1.165, 1.54) is 5.56 Å². The van der Waals surface area contributed by atoms with E-state index in [1.807, 2.05) is 12.1 Å². The largest absolute Gasteiger partial charge is 0.397 e. The van der Waals surface area contributed by atoms with Crippen LogP contribution in [0.25, 0.3) is 0 Å². The van der Waals surface area contributed by atoms with Gasteiger partial charge in [0, 0.05) is 13.1 Å². The molecular weight excluding hydrogens is 250 g/mol. The van der Waals surface area contributed by atoms with Crippen molar-refractivity contribution in [3.8, 4) is 0 Å². The molecule has 0 bridgehead atoms. The summed E-state index contributed by atoms with van der Waals surface area (Å²) in [7, 11) is 0. The molecule has 3 N–H and O–H groups in total.